The Morgan fingerprint density at radius 1 is 1.22 bits per heavy atom. The lowest BCUT2D eigenvalue weighted by Gasteiger charge is -2.19. The van der Waals surface area contributed by atoms with Gasteiger partial charge in [-0.1, -0.05) is 37.0 Å². The van der Waals surface area contributed by atoms with Crippen molar-refractivity contribution in [2.75, 3.05) is 5.32 Å². The van der Waals surface area contributed by atoms with E-state index in [-0.39, 0.29) is 0 Å². The molecule has 0 bridgehead atoms. The monoisotopic (exact) mass is 403 g/mol. The number of hydrogen-bond acceptors (Lipinski definition) is 4. The van der Waals surface area contributed by atoms with Crippen molar-refractivity contribution in [3.63, 3.8) is 0 Å². The molecule has 1 aliphatic carbocycles. The lowest BCUT2D eigenvalue weighted by atomic mass is 10.1. The van der Waals surface area contributed by atoms with E-state index in [2.05, 4.69) is 24.1 Å². The minimum absolute atomic E-state index is 0.408. The molecule has 0 fully saturated rings. The second-order valence-electron chi connectivity index (χ2n) is 7.08. The van der Waals surface area contributed by atoms with Gasteiger partial charge in [0.2, 0.25) is 0 Å². The third kappa shape index (κ3) is 3.17. The van der Waals surface area contributed by atoms with Crippen molar-refractivity contribution in [2.24, 2.45) is 0 Å². The first-order valence-electron chi connectivity index (χ1n) is 9.52. The van der Waals surface area contributed by atoms with Crippen LogP contribution in [0, 0.1) is 6.92 Å². The van der Waals surface area contributed by atoms with E-state index in [1.165, 1.54) is 5.56 Å². The Balaban J connectivity index is 1.97. The molecule has 0 atom stereocenters. The summed E-state index contributed by atoms with van der Waals surface area (Å²) in [6.45, 7) is 6.39. The van der Waals surface area contributed by atoms with Crippen LogP contribution in [0.1, 0.15) is 50.1 Å². The van der Waals surface area contributed by atoms with Crippen molar-refractivity contribution in [2.45, 2.75) is 58.9 Å². The highest BCUT2D eigenvalue weighted by Gasteiger charge is 2.26. The lowest BCUT2D eigenvalue weighted by molar-refractivity contribution is 0.661. The number of fused-ring (bicyclic) bond motifs is 2. The normalized spacial score (nSPS) is 13.6. The Labute approximate surface area is 169 Å². The topological polar surface area (TPSA) is 55.1 Å². The van der Waals surface area contributed by atoms with Gasteiger partial charge in [-0.25, -0.2) is 4.98 Å². The third-order valence-corrected chi connectivity index (χ3v) is 5.83. The lowest BCUT2D eigenvalue weighted by Crippen LogP contribution is -2.21. The van der Waals surface area contributed by atoms with Crippen molar-refractivity contribution >= 4 is 34.7 Å². The molecule has 0 spiro atoms. The van der Waals surface area contributed by atoms with Gasteiger partial charge in [0.1, 0.15) is 5.82 Å². The predicted molar refractivity (Wildman–Crippen MR) is 111 cm³/mol. The zero-order valence-electron chi connectivity index (χ0n) is 15.8. The minimum Gasteiger partial charge on any atom is -0.367 e. The summed E-state index contributed by atoms with van der Waals surface area (Å²) >= 11 is 12.5. The molecular weight excluding hydrogens is 381 g/mol. The summed E-state index contributed by atoms with van der Waals surface area (Å²) in [6.07, 6.45) is 6.90. The van der Waals surface area contributed by atoms with Crippen molar-refractivity contribution in [1.29, 1.82) is 0 Å². The molecule has 5 nitrogen and oxygen atoms in total. The Morgan fingerprint density at radius 3 is 2.70 bits per heavy atom. The molecule has 0 amide bonds. The molecule has 4 rings (SSSR count). The van der Waals surface area contributed by atoms with Gasteiger partial charge in [-0.2, -0.15) is 9.61 Å². The Morgan fingerprint density at radius 2 is 2.00 bits per heavy atom. The number of aromatic nitrogens is 4. The second-order valence-corrected chi connectivity index (χ2v) is 7.92. The van der Waals surface area contributed by atoms with Gasteiger partial charge in [0, 0.05) is 23.5 Å². The number of anilines is 1. The first-order valence-corrected chi connectivity index (χ1v) is 10.3. The minimum atomic E-state index is 0.408. The van der Waals surface area contributed by atoms with E-state index in [4.69, 9.17) is 33.3 Å². The fourth-order valence-electron chi connectivity index (χ4n) is 3.85. The maximum Gasteiger partial charge on any atom is 0.167 e. The standard InChI is InChI=1S/C20H23Cl2N5/c1-4-13(5-2)24-19-14-7-6-8-16(14)25-20-17(11(3)26-27(19)20)18-15(22)9-12(21)10-23-18/h9-10,13,24H,4-8H2,1-3H3. The zero-order valence-corrected chi connectivity index (χ0v) is 17.3. The average molecular weight is 404 g/mol. The molecule has 0 unspecified atom stereocenters. The van der Waals surface area contributed by atoms with Gasteiger partial charge < -0.3 is 5.32 Å². The molecule has 3 aromatic heterocycles. The van der Waals surface area contributed by atoms with Crippen LogP contribution in [0.2, 0.25) is 10.0 Å². The van der Waals surface area contributed by atoms with E-state index >= 15 is 0 Å². The SMILES string of the molecule is CCC(CC)Nc1c2c(nc3c(-c4ncc(Cl)cc4Cl)c(C)nn13)CCC2. The molecule has 0 aromatic carbocycles. The summed E-state index contributed by atoms with van der Waals surface area (Å²) in [7, 11) is 0. The van der Waals surface area contributed by atoms with E-state index in [0.29, 0.717) is 21.8 Å². The molecule has 0 saturated heterocycles. The number of nitrogens with zero attached hydrogens (tertiary/aromatic N) is 4. The van der Waals surface area contributed by atoms with Crippen molar-refractivity contribution < 1.29 is 0 Å². The van der Waals surface area contributed by atoms with Gasteiger partial charge in [-0.05, 0) is 45.1 Å². The molecule has 1 aliphatic rings. The highest BCUT2D eigenvalue weighted by molar-refractivity contribution is 6.36. The number of aryl methyl sites for hydroxylation is 2. The predicted octanol–water partition coefficient (Wildman–Crippen LogP) is 5.50. The Kier molecular flexibility index (Phi) is 4.99. The van der Waals surface area contributed by atoms with Gasteiger partial charge in [0.05, 0.1) is 27.0 Å². The zero-order chi connectivity index (χ0) is 19.1. The maximum absolute atomic E-state index is 6.45. The highest BCUT2D eigenvalue weighted by Crippen LogP contribution is 2.37. The van der Waals surface area contributed by atoms with Crippen LogP contribution in [-0.4, -0.2) is 25.6 Å². The summed E-state index contributed by atoms with van der Waals surface area (Å²) in [5.41, 5.74) is 5.65. The first-order chi connectivity index (χ1) is 13.0. The second kappa shape index (κ2) is 7.28. The molecule has 7 heteroatoms. The van der Waals surface area contributed by atoms with E-state index < -0.39 is 0 Å². The third-order valence-electron chi connectivity index (χ3n) is 5.33. The molecule has 27 heavy (non-hydrogen) atoms. The van der Waals surface area contributed by atoms with Crippen LogP contribution in [-0.2, 0) is 12.8 Å². The highest BCUT2D eigenvalue weighted by atomic mass is 35.5. The summed E-state index contributed by atoms with van der Waals surface area (Å²) in [6, 6.07) is 2.12. The van der Waals surface area contributed by atoms with Gasteiger partial charge in [-0.3, -0.25) is 4.98 Å². The largest absolute Gasteiger partial charge is 0.367 e. The van der Waals surface area contributed by atoms with Crippen LogP contribution in [0.5, 0.6) is 0 Å². The molecule has 0 radical (unpaired) electrons. The van der Waals surface area contributed by atoms with Crippen molar-refractivity contribution in [3.05, 3.63) is 39.3 Å². The summed E-state index contributed by atoms with van der Waals surface area (Å²) in [5, 5.41) is 9.56. The summed E-state index contributed by atoms with van der Waals surface area (Å²) < 4.78 is 1.94. The molecule has 1 N–H and O–H groups in total. The van der Waals surface area contributed by atoms with E-state index in [0.717, 1.165) is 60.5 Å². The van der Waals surface area contributed by atoms with Gasteiger partial charge in [0.25, 0.3) is 0 Å². The van der Waals surface area contributed by atoms with Gasteiger partial charge in [-0.15, -0.1) is 0 Å². The summed E-state index contributed by atoms with van der Waals surface area (Å²) in [4.78, 5) is 9.43. The number of nitrogens with one attached hydrogen (secondary N) is 1. The molecular formula is C20H23Cl2N5. The van der Waals surface area contributed by atoms with Gasteiger partial charge in [0.15, 0.2) is 5.65 Å². The van der Waals surface area contributed by atoms with E-state index in [1.54, 1.807) is 12.3 Å². The molecule has 3 heterocycles. The van der Waals surface area contributed by atoms with E-state index in [9.17, 15) is 0 Å². The smallest absolute Gasteiger partial charge is 0.167 e. The summed E-state index contributed by atoms with van der Waals surface area (Å²) in [5.74, 6) is 1.07. The van der Waals surface area contributed by atoms with Gasteiger partial charge >= 0.3 is 0 Å². The first kappa shape index (κ1) is 18.5. The molecule has 142 valence electrons. The fraction of sp³-hybridized carbons (Fsp3) is 0.450. The van der Waals surface area contributed by atoms with E-state index in [1.807, 2.05) is 11.4 Å². The molecule has 0 saturated carbocycles. The molecule has 3 aromatic rings. The number of halogens is 2. The fourth-order valence-corrected chi connectivity index (χ4v) is 4.32. The molecule has 0 aliphatic heterocycles. The Hall–Kier alpha value is -1.85. The average Bonchev–Trinajstić information content (AvgIpc) is 3.23. The number of hydrogen-bond donors (Lipinski definition) is 1. The van der Waals surface area contributed by atoms with Crippen LogP contribution in [0.3, 0.4) is 0 Å². The maximum atomic E-state index is 6.45. The quantitative estimate of drug-likeness (QED) is 0.611. The Bertz CT molecular complexity index is 1010. The van der Waals surface area contributed by atoms with Crippen molar-refractivity contribution in [3.8, 4) is 11.3 Å². The van der Waals surface area contributed by atoms with Crippen LogP contribution in [0.15, 0.2) is 12.3 Å². The van der Waals surface area contributed by atoms with Crippen LogP contribution >= 0.6 is 23.2 Å². The van der Waals surface area contributed by atoms with Crippen molar-refractivity contribution in [1.82, 2.24) is 19.6 Å². The van der Waals surface area contributed by atoms with Crippen LogP contribution in [0.4, 0.5) is 5.82 Å². The number of pyridine rings is 1. The van der Waals surface area contributed by atoms with Crippen LogP contribution < -0.4 is 5.32 Å². The number of rotatable bonds is 5. The van der Waals surface area contributed by atoms with Crippen LogP contribution in [0.25, 0.3) is 16.9 Å².